The quantitative estimate of drug-likeness (QED) is 0.389. The van der Waals surface area contributed by atoms with Crippen LogP contribution in [-0.4, -0.2) is 32.2 Å². The van der Waals surface area contributed by atoms with E-state index in [4.69, 9.17) is 0 Å². The third kappa shape index (κ3) is 6.95. The van der Waals surface area contributed by atoms with Gasteiger partial charge in [0.1, 0.15) is 6.54 Å². The average molecular weight is 503 g/mol. The summed E-state index contributed by atoms with van der Waals surface area (Å²) in [5.74, 6) is -0.256. The number of aliphatic hydroxyl groups excluding tert-OH is 1. The number of amides is 2. The van der Waals surface area contributed by atoms with Crippen LogP contribution in [0.25, 0.3) is 0 Å². The molecule has 31 heavy (non-hydrogen) atoms. The molecule has 0 saturated heterocycles. The lowest BCUT2D eigenvalue weighted by Crippen LogP contribution is -2.28. The highest BCUT2D eigenvalue weighted by Crippen LogP contribution is 2.20. The van der Waals surface area contributed by atoms with Gasteiger partial charge in [-0.05, 0) is 36.8 Å². The van der Waals surface area contributed by atoms with Crippen LogP contribution in [0.5, 0.6) is 0 Å². The zero-order chi connectivity index (χ0) is 22.2. The average Bonchev–Trinajstić information content (AvgIpc) is 3.15. The molecule has 3 aromatic rings. The van der Waals surface area contributed by atoms with Crippen molar-refractivity contribution in [3.63, 3.8) is 0 Å². The summed E-state index contributed by atoms with van der Waals surface area (Å²) in [6, 6.07) is 15.2. The van der Waals surface area contributed by atoms with E-state index in [1.165, 1.54) is 18.0 Å². The van der Waals surface area contributed by atoms with Crippen LogP contribution >= 0.6 is 27.7 Å². The molecule has 7 nitrogen and oxygen atoms in total. The molecule has 3 rings (SSSR count). The van der Waals surface area contributed by atoms with Gasteiger partial charge in [0.25, 0.3) is 0 Å². The molecule has 162 valence electrons. The number of rotatable bonds is 9. The normalized spacial score (nSPS) is 10.7. The zero-order valence-corrected chi connectivity index (χ0v) is 19.4. The lowest BCUT2D eigenvalue weighted by Gasteiger charge is -2.11. The number of imidazole rings is 1. The number of aliphatic hydroxyl groups is 1. The second kappa shape index (κ2) is 11.1. The van der Waals surface area contributed by atoms with Crippen LogP contribution in [0, 0.1) is 6.92 Å². The van der Waals surface area contributed by atoms with Gasteiger partial charge in [-0.2, -0.15) is 0 Å². The third-order valence-corrected chi connectivity index (χ3v) is 5.96. The van der Waals surface area contributed by atoms with Gasteiger partial charge in [0, 0.05) is 16.7 Å². The lowest BCUT2D eigenvalue weighted by atomic mass is 10.1. The fraction of sp³-hybridized carbons (Fsp3) is 0.227. The standard InChI is InChI=1S/C22H23BrN4O3S/c1-15-2-4-16(5-3-15)10-24-20(29)12-27-19(13-28)11-25-22(27)31-14-21(30)26-18-8-6-17(23)7-9-18/h2-9,11,28H,10,12-14H2,1H3,(H,24,29)(H,26,30). The van der Waals surface area contributed by atoms with Crippen LogP contribution in [-0.2, 0) is 29.3 Å². The maximum absolute atomic E-state index is 12.4. The number of benzene rings is 2. The number of carbonyl (C=O) groups is 2. The second-order valence-corrected chi connectivity index (χ2v) is 8.74. The van der Waals surface area contributed by atoms with Crippen molar-refractivity contribution in [2.45, 2.75) is 31.8 Å². The summed E-state index contributed by atoms with van der Waals surface area (Å²) < 4.78 is 2.56. The predicted molar refractivity (Wildman–Crippen MR) is 125 cm³/mol. The van der Waals surface area contributed by atoms with Gasteiger partial charge in [0.05, 0.1) is 24.3 Å². The molecule has 1 heterocycles. The van der Waals surface area contributed by atoms with Gasteiger partial charge in [-0.1, -0.05) is 57.5 Å². The number of hydrogen-bond acceptors (Lipinski definition) is 5. The number of hydrogen-bond donors (Lipinski definition) is 3. The Morgan fingerprint density at radius 2 is 1.81 bits per heavy atom. The second-order valence-electron chi connectivity index (χ2n) is 6.88. The molecule has 0 unspecified atom stereocenters. The molecule has 0 aliphatic heterocycles. The summed E-state index contributed by atoms with van der Waals surface area (Å²) >= 11 is 4.57. The predicted octanol–water partition coefficient (Wildman–Crippen LogP) is 3.49. The van der Waals surface area contributed by atoms with Gasteiger partial charge >= 0.3 is 0 Å². The smallest absolute Gasteiger partial charge is 0.240 e. The van der Waals surface area contributed by atoms with Crippen LogP contribution in [0.2, 0.25) is 0 Å². The summed E-state index contributed by atoms with van der Waals surface area (Å²) in [4.78, 5) is 29.0. The molecule has 0 fully saturated rings. The number of nitrogens with zero attached hydrogens (tertiary/aromatic N) is 2. The van der Waals surface area contributed by atoms with Crippen molar-refractivity contribution < 1.29 is 14.7 Å². The van der Waals surface area contributed by atoms with Crippen LogP contribution in [0.1, 0.15) is 16.8 Å². The minimum absolute atomic E-state index is 0.0123. The topological polar surface area (TPSA) is 96.2 Å². The summed E-state index contributed by atoms with van der Waals surface area (Å²) in [6.45, 7) is 2.19. The summed E-state index contributed by atoms with van der Waals surface area (Å²) in [7, 11) is 0. The molecule has 2 amide bonds. The highest BCUT2D eigenvalue weighted by atomic mass is 79.9. The number of nitrogens with one attached hydrogen (secondary N) is 2. The first-order valence-electron chi connectivity index (χ1n) is 9.60. The molecule has 0 bridgehead atoms. The molecule has 1 aromatic heterocycles. The van der Waals surface area contributed by atoms with Crippen LogP contribution in [0.3, 0.4) is 0 Å². The molecule has 9 heteroatoms. The maximum atomic E-state index is 12.4. The number of carbonyl (C=O) groups excluding carboxylic acids is 2. The van der Waals surface area contributed by atoms with E-state index in [1.54, 1.807) is 16.7 Å². The van der Waals surface area contributed by atoms with Crippen molar-refractivity contribution in [1.82, 2.24) is 14.9 Å². The van der Waals surface area contributed by atoms with E-state index in [1.807, 2.05) is 43.3 Å². The summed E-state index contributed by atoms with van der Waals surface area (Å²) in [6.07, 6.45) is 1.52. The Hall–Kier alpha value is -2.62. The van der Waals surface area contributed by atoms with Gasteiger partial charge in [-0.3, -0.25) is 9.59 Å². The van der Waals surface area contributed by atoms with Gasteiger partial charge in [-0.25, -0.2) is 4.98 Å². The Morgan fingerprint density at radius 1 is 1.10 bits per heavy atom. The van der Waals surface area contributed by atoms with Crippen molar-refractivity contribution in [1.29, 1.82) is 0 Å². The fourth-order valence-electron chi connectivity index (χ4n) is 2.77. The van der Waals surface area contributed by atoms with E-state index < -0.39 is 0 Å². The van der Waals surface area contributed by atoms with E-state index in [0.29, 0.717) is 23.1 Å². The Balaban J connectivity index is 1.56. The number of halogens is 1. The first kappa shape index (κ1) is 23.1. The first-order chi connectivity index (χ1) is 14.9. The van der Waals surface area contributed by atoms with E-state index in [-0.39, 0.29) is 30.7 Å². The molecule has 0 atom stereocenters. The first-order valence-corrected chi connectivity index (χ1v) is 11.4. The Bertz CT molecular complexity index is 1040. The van der Waals surface area contributed by atoms with Crippen molar-refractivity contribution in [2.24, 2.45) is 0 Å². The SMILES string of the molecule is Cc1ccc(CNC(=O)Cn2c(CO)cnc2SCC(=O)Nc2ccc(Br)cc2)cc1. The minimum Gasteiger partial charge on any atom is -0.390 e. The van der Waals surface area contributed by atoms with Gasteiger partial charge in [-0.15, -0.1) is 0 Å². The fourth-order valence-corrected chi connectivity index (χ4v) is 3.83. The molecule has 3 N–H and O–H groups in total. The minimum atomic E-state index is -0.246. The van der Waals surface area contributed by atoms with Gasteiger partial charge in [0.15, 0.2) is 5.16 Å². The van der Waals surface area contributed by atoms with Gasteiger partial charge in [0.2, 0.25) is 11.8 Å². The monoisotopic (exact) mass is 502 g/mol. The Labute approximate surface area is 193 Å². The largest absolute Gasteiger partial charge is 0.390 e. The Morgan fingerprint density at radius 3 is 2.48 bits per heavy atom. The number of thioether (sulfide) groups is 1. The van der Waals surface area contributed by atoms with E-state index in [2.05, 4.69) is 31.5 Å². The third-order valence-electron chi connectivity index (χ3n) is 4.44. The van der Waals surface area contributed by atoms with E-state index >= 15 is 0 Å². The molecule has 2 aromatic carbocycles. The summed E-state index contributed by atoms with van der Waals surface area (Å²) in [5.41, 5.74) is 3.38. The van der Waals surface area contributed by atoms with Crippen molar-refractivity contribution in [2.75, 3.05) is 11.1 Å². The number of anilines is 1. The summed E-state index contributed by atoms with van der Waals surface area (Å²) in [5, 5.41) is 15.8. The molecule has 0 aliphatic carbocycles. The van der Waals surface area contributed by atoms with Crippen molar-refractivity contribution >= 4 is 45.2 Å². The van der Waals surface area contributed by atoms with Gasteiger partial charge < -0.3 is 20.3 Å². The highest BCUT2D eigenvalue weighted by Gasteiger charge is 2.15. The van der Waals surface area contributed by atoms with E-state index in [9.17, 15) is 14.7 Å². The van der Waals surface area contributed by atoms with Crippen LogP contribution < -0.4 is 10.6 Å². The highest BCUT2D eigenvalue weighted by molar-refractivity contribution is 9.10. The molecule has 0 spiro atoms. The molecule has 0 saturated carbocycles. The van der Waals surface area contributed by atoms with Crippen molar-refractivity contribution in [3.8, 4) is 0 Å². The van der Waals surface area contributed by atoms with Crippen molar-refractivity contribution in [3.05, 3.63) is 76.0 Å². The molecular weight excluding hydrogens is 480 g/mol. The van der Waals surface area contributed by atoms with Crippen LogP contribution in [0.15, 0.2) is 64.4 Å². The zero-order valence-electron chi connectivity index (χ0n) is 17.0. The van der Waals surface area contributed by atoms with E-state index in [0.717, 1.165) is 15.6 Å². The number of aromatic nitrogens is 2. The molecular formula is C22H23BrN4O3S. The van der Waals surface area contributed by atoms with Crippen LogP contribution in [0.4, 0.5) is 5.69 Å². The number of aryl methyl sites for hydroxylation is 1. The maximum Gasteiger partial charge on any atom is 0.240 e. The molecule has 0 aliphatic rings. The Kier molecular flexibility index (Phi) is 8.27. The lowest BCUT2D eigenvalue weighted by molar-refractivity contribution is -0.122. The molecule has 0 radical (unpaired) electrons.